The molecule has 1 aromatic rings. The van der Waals surface area contributed by atoms with Gasteiger partial charge in [0, 0.05) is 31.5 Å². The Hall–Kier alpha value is -0.430. The van der Waals surface area contributed by atoms with Crippen molar-refractivity contribution in [1.82, 2.24) is 4.31 Å². The number of hydrogen-bond donors (Lipinski definition) is 1. The summed E-state index contributed by atoms with van der Waals surface area (Å²) in [6, 6.07) is 3.37. The first kappa shape index (κ1) is 14.6. The number of aliphatic hydroxyl groups is 1. The minimum Gasteiger partial charge on any atom is -0.396 e. The Labute approximate surface area is 107 Å². The van der Waals surface area contributed by atoms with Crippen molar-refractivity contribution in [2.24, 2.45) is 5.92 Å². The molecule has 0 saturated carbocycles. The lowest BCUT2D eigenvalue weighted by Crippen LogP contribution is -2.29. The van der Waals surface area contributed by atoms with Gasteiger partial charge in [0.25, 0.3) is 10.0 Å². The molecule has 0 atom stereocenters. The normalized spacial score (nSPS) is 12.6. The standard InChI is InChI=1S/C11H19NO3S2/c1-9(2)8-12(3)17(14,15)11-5-4-10(16-11)6-7-13/h4-5,9,13H,6-8H2,1-3H3. The van der Waals surface area contributed by atoms with E-state index in [1.807, 2.05) is 13.8 Å². The lowest BCUT2D eigenvalue weighted by Gasteiger charge is -2.17. The van der Waals surface area contributed by atoms with Crippen LogP contribution in [0.5, 0.6) is 0 Å². The monoisotopic (exact) mass is 277 g/mol. The fourth-order valence-corrected chi connectivity index (χ4v) is 4.40. The molecule has 1 rings (SSSR count). The summed E-state index contributed by atoms with van der Waals surface area (Å²) in [5.74, 6) is 0.298. The van der Waals surface area contributed by atoms with Crippen molar-refractivity contribution < 1.29 is 13.5 Å². The highest BCUT2D eigenvalue weighted by molar-refractivity contribution is 7.91. The van der Waals surface area contributed by atoms with E-state index >= 15 is 0 Å². The summed E-state index contributed by atoms with van der Waals surface area (Å²) in [4.78, 5) is 0.893. The molecule has 1 aromatic heterocycles. The Morgan fingerprint density at radius 3 is 2.59 bits per heavy atom. The summed E-state index contributed by atoms with van der Waals surface area (Å²) in [6.07, 6.45) is 0.508. The van der Waals surface area contributed by atoms with Crippen LogP contribution in [0.3, 0.4) is 0 Å². The zero-order chi connectivity index (χ0) is 13.1. The maximum Gasteiger partial charge on any atom is 0.252 e. The quantitative estimate of drug-likeness (QED) is 0.858. The van der Waals surface area contributed by atoms with Crippen LogP contribution >= 0.6 is 11.3 Å². The number of rotatable bonds is 6. The number of hydrogen-bond acceptors (Lipinski definition) is 4. The molecule has 4 nitrogen and oxygen atoms in total. The van der Waals surface area contributed by atoms with E-state index in [2.05, 4.69) is 0 Å². The van der Waals surface area contributed by atoms with Crippen LogP contribution in [0.2, 0.25) is 0 Å². The van der Waals surface area contributed by atoms with Crippen molar-refractivity contribution >= 4 is 21.4 Å². The Morgan fingerprint density at radius 2 is 2.06 bits per heavy atom. The Bertz CT molecular complexity index is 451. The van der Waals surface area contributed by atoms with Gasteiger partial charge >= 0.3 is 0 Å². The molecule has 6 heteroatoms. The summed E-state index contributed by atoms with van der Waals surface area (Å²) in [6.45, 7) is 4.52. The van der Waals surface area contributed by atoms with Gasteiger partial charge in [-0.2, -0.15) is 4.31 Å². The Morgan fingerprint density at radius 1 is 1.41 bits per heavy atom. The molecule has 0 bridgehead atoms. The molecule has 0 unspecified atom stereocenters. The smallest absolute Gasteiger partial charge is 0.252 e. The molecule has 0 aliphatic heterocycles. The van der Waals surface area contributed by atoms with Crippen molar-refractivity contribution in [3.63, 3.8) is 0 Å². The van der Waals surface area contributed by atoms with E-state index in [9.17, 15) is 8.42 Å². The van der Waals surface area contributed by atoms with E-state index in [0.29, 0.717) is 23.1 Å². The summed E-state index contributed by atoms with van der Waals surface area (Å²) in [5.41, 5.74) is 0. The summed E-state index contributed by atoms with van der Waals surface area (Å²) in [7, 11) is -1.76. The van der Waals surface area contributed by atoms with Crippen LogP contribution in [-0.2, 0) is 16.4 Å². The molecular weight excluding hydrogens is 258 g/mol. The first-order valence-electron chi connectivity index (χ1n) is 5.54. The Balaban J connectivity index is 2.88. The summed E-state index contributed by atoms with van der Waals surface area (Å²) in [5, 5.41) is 8.81. The molecule has 98 valence electrons. The molecule has 0 aliphatic rings. The van der Waals surface area contributed by atoms with Gasteiger partial charge < -0.3 is 5.11 Å². The second-order valence-corrected chi connectivity index (χ2v) is 7.81. The molecule has 1 heterocycles. The van der Waals surface area contributed by atoms with Gasteiger partial charge in [0.1, 0.15) is 4.21 Å². The highest BCUT2D eigenvalue weighted by Crippen LogP contribution is 2.24. The fourth-order valence-electron chi connectivity index (χ4n) is 1.51. The molecular formula is C11H19NO3S2. The topological polar surface area (TPSA) is 57.6 Å². The zero-order valence-corrected chi connectivity index (χ0v) is 12.0. The first-order chi connectivity index (χ1) is 7.87. The van der Waals surface area contributed by atoms with Crippen LogP contribution in [-0.4, -0.2) is 38.0 Å². The zero-order valence-electron chi connectivity index (χ0n) is 10.4. The highest BCUT2D eigenvalue weighted by Gasteiger charge is 2.23. The van der Waals surface area contributed by atoms with Crippen molar-refractivity contribution in [3.05, 3.63) is 17.0 Å². The fraction of sp³-hybridized carbons (Fsp3) is 0.636. The molecule has 0 aliphatic carbocycles. The highest BCUT2D eigenvalue weighted by atomic mass is 32.2. The van der Waals surface area contributed by atoms with Gasteiger partial charge in [0.05, 0.1) is 0 Å². The molecule has 0 saturated heterocycles. The number of nitrogens with zero attached hydrogens (tertiary/aromatic N) is 1. The van der Waals surface area contributed by atoms with E-state index in [0.717, 1.165) is 4.88 Å². The second-order valence-electron chi connectivity index (χ2n) is 4.37. The molecule has 0 radical (unpaired) electrons. The van der Waals surface area contributed by atoms with E-state index in [4.69, 9.17) is 5.11 Å². The third-order valence-corrected chi connectivity index (χ3v) is 5.72. The van der Waals surface area contributed by atoms with Crippen LogP contribution < -0.4 is 0 Å². The number of sulfonamides is 1. The van der Waals surface area contributed by atoms with Crippen LogP contribution in [0.4, 0.5) is 0 Å². The third-order valence-electron chi connectivity index (χ3n) is 2.28. The van der Waals surface area contributed by atoms with Gasteiger partial charge in [-0.05, 0) is 18.1 Å². The van der Waals surface area contributed by atoms with Crippen LogP contribution in [0.25, 0.3) is 0 Å². The predicted octanol–water partition coefficient (Wildman–Crippen LogP) is 1.56. The average Bonchev–Trinajstić information content (AvgIpc) is 2.66. The predicted molar refractivity (Wildman–Crippen MR) is 69.8 cm³/mol. The summed E-state index contributed by atoms with van der Waals surface area (Å²) >= 11 is 1.23. The van der Waals surface area contributed by atoms with E-state index in [1.165, 1.54) is 15.6 Å². The lowest BCUT2D eigenvalue weighted by atomic mass is 10.2. The van der Waals surface area contributed by atoms with Crippen molar-refractivity contribution in [2.75, 3.05) is 20.2 Å². The lowest BCUT2D eigenvalue weighted by molar-refractivity contribution is 0.300. The SMILES string of the molecule is CC(C)CN(C)S(=O)(=O)c1ccc(CCO)s1. The van der Waals surface area contributed by atoms with Gasteiger partial charge in [0.2, 0.25) is 0 Å². The van der Waals surface area contributed by atoms with Crippen LogP contribution in [0.15, 0.2) is 16.3 Å². The van der Waals surface area contributed by atoms with E-state index < -0.39 is 10.0 Å². The van der Waals surface area contributed by atoms with Crippen molar-refractivity contribution in [1.29, 1.82) is 0 Å². The van der Waals surface area contributed by atoms with Crippen molar-refractivity contribution in [3.8, 4) is 0 Å². The van der Waals surface area contributed by atoms with E-state index in [-0.39, 0.29) is 6.61 Å². The Kier molecular flexibility index (Phi) is 5.12. The van der Waals surface area contributed by atoms with Gasteiger partial charge in [0.15, 0.2) is 0 Å². The molecule has 17 heavy (non-hydrogen) atoms. The van der Waals surface area contributed by atoms with Crippen LogP contribution in [0.1, 0.15) is 18.7 Å². The maximum atomic E-state index is 12.2. The number of thiophene rings is 1. The number of aliphatic hydroxyl groups excluding tert-OH is 1. The van der Waals surface area contributed by atoms with Gasteiger partial charge in [-0.3, -0.25) is 0 Å². The average molecular weight is 277 g/mol. The minimum atomic E-state index is -3.36. The van der Waals surface area contributed by atoms with Crippen molar-refractivity contribution in [2.45, 2.75) is 24.5 Å². The minimum absolute atomic E-state index is 0.0435. The molecule has 1 N–H and O–H groups in total. The van der Waals surface area contributed by atoms with E-state index in [1.54, 1.807) is 19.2 Å². The van der Waals surface area contributed by atoms with Gasteiger partial charge in [-0.15, -0.1) is 11.3 Å². The second kappa shape index (κ2) is 5.95. The van der Waals surface area contributed by atoms with Gasteiger partial charge in [-0.25, -0.2) is 8.42 Å². The molecule has 0 aromatic carbocycles. The van der Waals surface area contributed by atoms with Crippen LogP contribution in [0, 0.1) is 5.92 Å². The maximum absolute atomic E-state index is 12.2. The third kappa shape index (κ3) is 3.77. The molecule has 0 amide bonds. The summed E-state index contributed by atoms with van der Waals surface area (Å²) < 4.78 is 26.1. The molecule has 0 fully saturated rings. The molecule has 0 spiro atoms. The van der Waals surface area contributed by atoms with Gasteiger partial charge in [-0.1, -0.05) is 13.8 Å². The largest absolute Gasteiger partial charge is 0.396 e. The first-order valence-corrected chi connectivity index (χ1v) is 7.79.